The molecule has 1 fully saturated rings. The number of rotatable bonds is 9. The predicted molar refractivity (Wildman–Crippen MR) is 127 cm³/mol. The lowest BCUT2D eigenvalue weighted by molar-refractivity contribution is -0.122. The van der Waals surface area contributed by atoms with Crippen molar-refractivity contribution in [3.8, 4) is 5.95 Å². The van der Waals surface area contributed by atoms with Gasteiger partial charge in [-0.2, -0.15) is 15.1 Å². The van der Waals surface area contributed by atoms with Crippen LogP contribution >= 0.6 is 0 Å². The molecule has 3 heterocycles. The number of hydrogen-bond acceptors (Lipinski definition) is 6. The van der Waals surface area contributed by atoms with Gasteiger partial charge in [0, 0.05) is 31.4 Å². The Bertz CT molecular complexity index is 1230. The molecule has 0 atom stereocenters. The third-order valence-electron chi connectivity index (χ3n) is 5.99. The molecule has 170 valence electrons. The van der Waals surface area contributed by atoms with E-state index in [9.17, 15) is 4.79 Å². The Morgan fingerprint density at radius 1 is 1.12 bits per heavy atom. The number of hydrogen-bond donors (Lipinski definition) is 2. The quantitative estimate of drug-likeness (QED) is 0.407. The average molecular weight is 445 g/mol. The summed E-state index contributed by atoms with van der Waals surface area (Å²) in [6.45, 7) is 3.51. The normalized spacial score (nSPS) is 13.7. The van der Waals surface area contributed by atoms with Crippen LogP contribution in [0.15, 0.2) is 48.8 Å². The fraction of sp³-hybridized carbons (Fsp3) is 0.375. The minimum Gasteiger partial charge on any atom is -0.354 e. The van der Waals surface area contributed by atoms with Crippen LogP contribution in [-0.4, -0.2) is 41.8 Å². The van der Waals surface area contributed by atoms with E-state index in [0.29, 0.717) is 35.4 Å². The lowest BCUT2D eigenvalue weighted by Gasteiger charge is -2.23. The van der Waals surface area contributed by atoms with E-state index in [-0.39, 0.29) is 11.8 Å². The Balaban J connectivity index is 1.51. The zero-order valence-electron chi connectivity index (χ0n) is 18.7. The van der Waals surface area contributed by atoms with Gasteiger partial charge >= 0.3 is 0 Å². The Kier molecular flexibility index (Phi) is 6.01. The first-order valence-corrected chi connectivity index (χ1v) is 11.6. The number of nitrogens with zero attached hydrogens (tertiary/aromatic N) is 6. The number of amides is 1. The van der Waals surface area contributed by atoms with Gasteiger partial charge in [-0.25, -0.2) is 9.67 Å². The molecule has 0 unspecified atom stereocenters. The Morgan fingerprint density at radius 2 is 1.97 bits per heavy atom. The van der Waals surface area contributed by atoms with Crippen molar-refractivity contribution in [1.82, 2.24) is 29.3 Å². The number of aryl methyl sites for hydroxylation is 1. The summed E-state index contributed by atoms with van der Waals surface area (Å²) >= 11 is 0. The second kappa shape index (κ2) is 9.40. The molecule has 0 radical (unpaired) electrons. The molecule has 33 heavy (non-hydrogen) atoms. The molecule has 9 heteroatoms. The highest BCUT2D eigenvalue weighted by Gasteiger charge is 2.27. The van der Waals surface area contributed by atoms with E-state index in [1.165, 1.54) is 5.56 Å². The smallest absolute Gasteiger partial charge is 0.233 e. The van der Waals surface area contributed by atoms with Crippen molar-refractivity contribution < 1.29 is 4.79 Å². The van der Waals surface area contributed by atoms with E-state index in [1.807, 2.05) is 35.0 Å². The highest BCUT2D eigenvalue weighted by molar-refractivity contribution is 5.99. The van der Waals surface area contributed by atoms with Crippen LogP contribution in [0, 0.1) is 5.92 Å². The molecule has 1 aromatic carbocycles. The van der Waals surface area contributed by atoms with Gasteiger partial charge in [-0.1, -0.05) is 43.7 Å². The third kappa shape index (κ3) is 4.44. The zero-order valence-corrected chi connectivity index (χ0v) is 18.7. The molecule has 4 aromatic rings. The van der Waals surface area contributed by atoms with Gasteiger partial charge in [-0.05, 0) is 37.3 Å². The summed E-state index contributed by atoms with van der Waals surface area (Å²) < 4.78 is 3.75. The van der Waals surface area contributed by atoms with E-state index in [2.05, 4.69) is 39.8 Å². The Labute approximate surface area is 192 Å². The van der Waals surface area contributed by atoms with Crippen LogP contribution in [0.2, 0.25) is 0 Å². The van der Waals surface area contributed by atoms with Crippen molar-refractivity contribution in [1.29, 1.82) is 0 Å². The van der Waals surface area contributed by atoms with Crippen molar-refractivity contribution in [2.24, 2.45) is 5.92 Å². The number of aromatic nitrogens is 6. The van der Waals surface area contributed by atoms with E-state index >= 15 is 0 Å². The molecule has 1 saturated carbocycles. The van der Waals surface area contributed by atoms with Crippen LogP contribution in [0.5, 0.6) is 0 Å². The van der Waals surface area contributed by atoms with E-state index in [4.69, 9.17) is 9.97 Å². The van der Waals surface area contributed by atoms with Crippen LogP contribution in [-0.2, 0) is 17.8 Å². The summed E-state index contributed by atoms with van der Waals surface area (Å²) in [5.41, 5.74) is 2.50. The number of anilines is 2. The Hall–Kier alpha value is -3.75. The average Bonchev–Trinajstić information content (AvgIpc) is 3.42. The zero-order chi connectivity index (χ0) is 22.6. The second-order valence-electron chi connectivity index (χ2n) is 8.36. The van der Waals surface area contributed by atoms with Crippen molar-refractivity contribution >= 4 is 28.8 Å². The Morgan fingerprint density at radius 3 is 2.67 bits per heavy atom. The highest BCUT2D eigenvalue weighted by Crippen LogP contribution is 2.30. The summed E-state index contributed by atoms with van der Waals surface area (Å²) in [5.74, 6) is 1.63. The van der Waals surface area contributed by atoms with Gasteiger partial charge in [0.05, 0.1) is 0 Å². The SMILES string of the molecule is CCCn1c(-n2cccn2)nc2c(NC(=O)C3CCC3)nc(NCCc3ccccc3)nc21. The molecule has 1 aliphatic carbocycles. The van der Waals surface area contributed by atoms with Crippen LogP contribution < -0.4 is 10.6 Å². The maximum atomic E-state index is 12.8. The monoisotopic (exact) mass is 444 g/mol. The third-order valence-corrected chi connectivity index (χ3v) is 5.99. The van der Waals surface area contributed by atoms with Crippen LogP contribution in [0.1, 0.15) is 38.2 Å². The van der Waals surface area contributed by atoms with Gasteiger partial charge in [-0.3, -0.25) is 9.36 Å². The van der Waals surface area contributed by atoms with Gasteiger partial charge < -0.3 is 10.6 Å². The van der Waals surface area contributed by atoms with Gasteiger partial charge in [0.15, 0.2) is 17.0 Å². The van der Waals surface area contributed by atoms with Crippen LogP contribution in [0.25, 0.3) is 17.1 Å². The maximum absolute atomic E-state index is 12.8. The first kappa shape index (κ1) is 21.1. The number of nitrogens with one attached hydrogen (secondary N) is 2. The van der Waals surface area contributed by atoms with E-state index in [0.717, 1.165) is 38.6 Å². The predicted octanol–water partition coefficient (Wildman–Crippen LogP) is 3.82. The molecule has 3 aromatic heterocycles. The van der Waals surface area contributed by atoms with E-state index < -0.39 is 0 Å². The number of benzene rings is 1. The molecule has 0 saturated heterocycles. The van der Waals surface area contributed by atoms with Crippen molar-refractivity contribution in [3.05, 3.63) is 54.4 Å². The molecule has 1 amide bonds. The fourth-order valence-electron chi connectivity index (χ4n) is 4.00. The van der Waals surface area contributed by atoms with Crippen molar-refractivity contribution in [2.45, 2.75) is 45.6 Å². The molecule has 9 nitrogen and oxygen atoms in total. The molecule has 0 spiro atoms. The van der Waals surface area contributed by atoms with Gasteiger partial charge in [-0.15, -0.1) is 0 Å². The molecular formula is C24H28N8O. The number of carbonyl (C=O) groups is 1. The molecule has 1 aliphatic rings. The van der Waals surface area contributed by atoms with Gasteiger partial charge in [0.25, 0.3) is 0 Å². The fourth-order valence-corrected chi connectivity index (χ4v) is 4.00. The van der Waals surface area contributed by atoms with E-state index in [1.54, 1.807) is 10.9 Å². The number of fused-ring (bicyclic) bond motifs is 1. The molecule has 5 rings (SSSR count). The number of carbonyl (C=O) groups excluding carboxylic acids is 1. The van der Waals surface area contributed by atoms with Crippen molar-refractivity contribution in [3.63, 3.8) is 0 Å². The molecule has 2 N–H and O–H groups in total. The summed E-state index contributed by atoms with van der Waals surface area (Å²) in [6, 6.07) is 12.1. The van der Waals surface area contributed by atoms with Crippen LogP contribution in [0.3, 0.4) is 0 Å². The molecular weight excluding hydrogens is 416 g/mol. The van der Waals surface area contributed by atoms with Gasteiger partial charge in [0.1, 0.15) is 0 Å². The summed E-state index contributed by atoms with van der Waals surface area (Å²) in [6.07, 6.45) is 8.26. The second-order valence-corrected chi connectivity index (χ2v) is 8.36. The lowest BCUT2D eigenvalue weighted by atomic mass is 9.85. The minimum atomic E-state index is 0.00201. The highest BCUT2D eigenvalue weighted by atomic mass is 16.2. The maximum Gasteiger partial charge on any atom is 0.233 e. The summed E-state index contributed by atoms with van der Waals surface area (Å²) in [4.78, 5) is 27.0. The first-order valence-electron chi connectivity index (χ1n) is 11.6. The topological polar surface area (TPSA) is 103 Å². The molecule has 0 bridgehead atoms. The first-order chi connectivity index (χ1) is 16.2. The van der Waals surface area contributed by atoms with Crippen LogP contribution in [0.4, 0.5) is 11.8 Å². The lowest BCUT2D eigenvalue weighted by Crippen LogP contribution is -2.28. The summed E-state index contributed by atoms with van der Waals surface area (Å²) in [7, 11) is 0. The standard InChI is InChI=1S/C24H28N8O/c1-2-15-31-21-19(27-24(31)32-16-7-13-26-32)20(28-22(33)18-10-6-11-18)29-23(30-21)25-14-12-17-8-4-3-5-9-17/h3-5,7-9,13,16,18H,2,6,10-12,14-15H2,1H3,(H2,25,28,29,30,33). The number of imidazole rings is 1. The van der Waals surface area contributed by atoms with Gasteiger partial charge in [0.2, 0.25) is 17.8 Å². The summed E-state index contributed by atoms with van der Waals surface area (Å²) in [5, 5.41) is 10.7. The molecule has 0 aliphatic heterocycles. The van der Waals surface area contributed by atoms with Crippen molar-refractivity contribution in [2.75, 3.05) is 17.2 Å². The minimum absolute atomic E-state index is 0.00201. The largest absolute Gasteiger partial charge is 0.354 e.